The Morgan fingerprint density at radius 3 is 2.47 bits per heavy atom. The van der Waals surface area contributed by atoms with Gasteiger partial charge in [0, 0.05) is 18.1 Å². The predicted octanol–water partition coefficient (Wildman–Crippen LogP) is 2.35. The highest BCUT2D eigenvalue weighted by Crippen LogP contribution is 2.29. The average molecular weight is 436 g/mol. The van der Waals surface area contributed by atoms with Gasteiger partial charge in [-0.3, -0.25) is 4.98 Å². The van der Waals surface area contributed by atoms with Crippen LogP contribution in [0.5, 0.6) is 11.5 Å². The number of aliphatic hydroxyl groups excluding tert-OH is 1. The number of nitrogens with zero attached hydrogens (tertiary/aromatic N) is 3. The molecule has 0 fully saturated rings. The number of hydrogen-bond donors (Lipinski definition) is 2. The highest BCUT2D eigenvalue weighted by Gasteiger charge is 2.29. The number of aromatic hydroxyl groups is 1. The normalized spacial score (nSPS) is 14.2. The van der Waals surface area contributed by atoms with Crippen molar-refractivity contribution in [1.82, 2.24) is 9.97 Å². The highest BCUT2D eigenvalue weighted by atomic mass is 32.2. The number of esters is 1. The van der Waals surface area contributed by atoms with Crippen LogP contribution in [0.25, 0.3) is 0 Å². The zero-order valence-corrected chi connectivity index (χ0v) is 18.3. The van der Waals surface area contributed by atoms with Crippen LogP contribution in [0.3, 0.4) is 0 Å². The summed E-state index contributed by atoms with van der Waals surface area (Å²) in [5.74, 6) is -0.329. The van der Waals surface area contributed by atoms with Crippen LogP contribution in [0.2, 0.25) is 0 Å². The molecular weight excluding hydrogens is 410 g/mol. The second-order valence-electron chi connectivity index (χ2n) is 7.32. The summed E-state index contributed by atoms with van der Waals surface area (Å²) in [6.45, 7) is 5.31. The lowest BCUT2D eigenvalue weighted by atomic mass is 10.0. The molecule has 0 aliphatic heterocycles. The Labute approximate surface area is 178 Å². The van der Waals surface area contributed by atoms with Crippen molar-refractivity contribution in [2.75, 3.05) is 14.2 Å². The van der Waals surface area contributed by atoms with Crippen molar-refractivity contribution in [3.8, 4) is 11.5 Å². The molecule has 2 N–H and O–H groups in total. The van der Waals surface area contributed by atoms with Crippen LogP contribution in [0.15, 0.2) is 35.0 Å². The first-order valence-corrected chi connectivity index (χ1v) is 10.1. The van der Waals surface area contributed by atoms with Crippen LogP contribution >= 0.6 is 0 Å². The van der Waals surface area contributed by atoms with E-state index in [2.05, 4.69) is 19.1 Å². The zero-order chi connectivity index (χ0) is 22.5. The van der Waals surface area contributed by atoms with Gasteiger partial charge in [-0.2, -0.15) is 0 Å². The molecule has 0 spiro atoms. The molecule has 9 nitrogen and oxygen atoms in total. The molecule has 0 amide bonds. The number of aromatic nitrogens is 2. The minimum Gasteiger partial charge on any atom is -0.591 e. The SMILES string of the molecule is COC(=O)c1cnc([C@@H](O)C/C(=N\[S@@+]([O-])C(C)(C)C)c2ccc(OC)cc2O)cn1. The van der Waals surface area contributed by atoms with Gasteiger partial charge in [0.1, 0.15) is 39.4 Å². The first-order chi connectivity index (χ1) is 14.1. The van der Waals surface area contributed by atoms with E-state index in [0.717, 1.165) is 0 Å². The average Bonchev–Trinajstić information content (AvgIpc) is 2.71. The van der Waals surface area contributed by atoms with Crippen LogP contribution < -0.4 is 4.74 Å². The van der Waals surface area contributed by atoms with E-state index in [-0.39, 0.29) is 29.3 Å². The second-order valence-corrected chi connectivity index (χ2v) is 9.23. The van der Waals surface area contributed by atoms with Crippen LogP contribution in [0.1, 0.15) is 55.0 Å². The van der Waals surface area contributed by atoms with Crippen LogP contribution in [0.4, 0.5) is 0 Å². The zero-order valence-electron chi connectivity index (χ0n) is 17.4. The van der Waals surface area contributed by atoms with E-state index in [1.54, 1.807) is 32.9 Å². The fraction of sp³-hybridized carbons (Fsp3) is 0.400. The van der Waals surface area contributed by atoms with Crippen molar-refractivity contribution in [2.24, 2.45) is 4.40 Å². The standard InChI is InChI=1S/C20H25N3O6S/c1-20(2,3)30(27)23-14(13-7-6-12(28-4)8-17(13)24)9-18(25)15-10-22-16(11-21-15)19(26)29-5/h6-8,10-11,18,24-25H,9H2,1-5H3/b23-14+/t18-,30-/m0/s1. The van der Waals surface area contributed by atoms with Gasteiger partial charge < -0.3 is 24.2 Å². The number of ether oxygens (including phenoxy) is 2. The van der Waals surface area contributed by atoms with Gasteiger partial charge in [-0.05, 0) is 32.9 Å². The lowest BCUT2D eigenvalue weighted by molar-refractivity contribution is 0.0593. The number of benzene rings is 1. The van der Waals surface area contributed by atoms with E-state index < -0.39 is 28.2 Å². The van der Waals surface area contributed by atoms with Crippen molar-refractivity contribution < 1.29 is 29.0 Å². The van der Waals surface area contributed by atoms with Gasteiger partial charge in [-0.1, -0.05) is 4.40 Å². The molecule has 2 atom stereocenters. The highest BCUT2D eigenvalue weighted by molar-refractivity contribution is 7.91. The maximum atomic E-state index is 12.6. The molecule has 1 aromatic heterocycles. The molecule has 0 radical (unpaired) electrons. The van der Waals surface area contributed by atoms with Gasteiger partial charge in [0.15, 0.2) is 5.69 Å². The summed E-state index contributed by atoms with van der Waals surface area (Å²) < 4.78 is 25.9. The molecule has 2 rings (SSSR count). The molecule has 0 aliphatic rings. The van der Waals surface area contributed by atoms with E-state index in [1.165, 1.54) is 32.7 Å². The predicted molar refractivity (Wildman–Crippen MR) is 112 cm³/mol. The number of methoxy groups -OCH3 is 2. The molecule has 1 heterocycles. The lowest BCUT2D eigenvalue weighted by Crippen LogP contribution is -2.27. The van der Waals surface area contributed by atoms with E-state index >= 15 is 0 Å². The van der Waals surface area contributed by atoms with Crippen molar-refractivity contribution >= 4 is 23.0 Å². The number of aliphatic hydroxyl groups is 1. The Balaban J connectivity index is 2.37. The van der Waals surface area contributed by atoms with Gasteiger partial charge in [0.2, 0.25) is 0 Å². The number of hydrogen-bond acceptors (Lipinski definition) is 9. The van der Waals surface area contributed by atoms with Gasteiger partial charge in [-0.25, -0.2) is 9.78 Å². The molecule has 0 bridgehead atoms. The van der Waals surface area contributed by atoms with Gasteiger partial charge >= 0.3 is 5.97 Å². The third-order valence-corrected chi connectivity index (χ3v) is 5.46. The molecule has 0 saturated carbocycles. The second kappa shape index (κ2) is 9.88. The third kappa shape index (κ3) is 5.91. The van der Waals surface area contributed by atoms with Crippen molar-refractivity contribution in [2.45, 2.75) is 38.0 Å². The van der Waals surface area contributed by atoms with Crippen molar-refractivity contribution in [3.05, 3.63) is 47.5 Å². The summed E-state index contributed by atoms with van der Waals surface area (Å²) in [5.41, 5.74) is 0.732. The van der Waals surface area contributed by atoms with Crippen LogP contribution in [-0.4, -0.2) is 55.4 Å². The van der Waals surface area contributed by atoms with Crippen LogP contribution in [-0.2, 0) is 16.1 Å². The van der Waals surface area contributed by atoms with Crippen LogP contribution in [0, 0.1) is 0 Å². The van der Waals surface area contributed by atoms with E-state index in [0.29, 0.717) is 11.3 Å². The van der Waals surface area contributed by atoms with E-state index in [9.17, 15) is 19.6 Å². The van der Waals surface area contributed by atoms with Gasteiger partial charge in [-0.15, -0.1) is 0 Å². The summed E-state index contributed by atoms with van der Waals surface area (Å²) in [4.78, 5) is 19.5. The summed E-state index contributed by atoms with van der Waals surface area (Å²) >= 11 is -1.63. The quantitative estimate of drug-likeness (QED) is 0.384. The minimum atomic E-state index is -1.63. The molecule has 10 heteroatoms. The number of rotatable bonds is 7. The Hall–Kier alpha value is -2.69. The number of phenolic OH excluding ortho intramolecular Hbond substituents is 1. The molecule has 2 aromatic rings. The largest absolute Gasteiger partial charge is 0.591 e. The Morgan fingerprint density at radius 2 is 1.97 bits per heavy atom. The molecule has 0 saturated heterocycles. The molecule has 30 heavy (non-hydrogen) atoms. The van der Waals surface area contributed by atoms with Gasteiger partial charge in [0.05, 0.1) is 32.3 Å². The van der Waals surface area contributed by atoms with Crippen molar-refractivity contribution in [3.63, 3.8) is 0 Å². The third-order valence-electron chi connectivity index (χ3n) is 4.03. The minimum absolute atomic E-state index is 0.00368. The van der Waals surface area contributed by atoms with Crippen molar-refractivity contribution in [1.29, 1.82) is 0 Å². The molecule has 162 valence electrons. The van der Waals surface area contributed by atoms with E-state index in [4.69, 9.17) is 4.74 Å². The number of carbonyl (C=O) groups excluding carboxylic acids is 1. The van der Waals surface area contributed by atoms with E-state index in [1.807, 2.05) is 0 Å². The number of carbonyl (C=O) groups is 1. The fourth-order valence-corrected chi connectivity index (χ4v) is 2.97. The summed E-state index contributed by atoms with van der Waals surface area (Å²) in [5, 5.41) is 21.0. The first kappa shape index (κ1) is 23.6. The number of phenols is 1. The Morgan fingerprint density at radius 1 is 1.27 bits per heavy atom. The molecule has 0 unspecified atom stereocenters. The maximum absolute atomic E-state index is 12.6. The topological polar surface area (TPSA) is 137 Å². The monoisotopic (exact) mass is 435 g/mol. The molecular formula is C20H25N3O6S. The Bertz CT molecular complexity index is 912. The molecule has 0 aliphatic carbocycles. The first-order valence-electron chi connectivity index (χ1n) is 9.02. The summed E-state index contributed by atoms with van der Waals surface area (Å²) in [6, 6.07) is 4.61. The lowest BCUT2D eigenvalue weighted by Gasteiger charge is -2.20. The van der Waals surface area contributed by atoms with Gasteiger partial charge in [0.25, 0.3) is 0 Å². The molecule has 1 aromatic carbocycles. The smallest absolute Gasteiger partial charge is 0.358 e. The Kier molecular flexibility index (Phi) is 7.77. The maximum Gasteiger partial charge on any atom is 0.358 e. The summed E-state index contributed by atoms with van der Waals surface area (Å²) in [7, 11) is 2.70. The summed E-state index contributed by atoms with van der Waals surface area (Å²) in [6.07, 6.45) is 1.19. The fourth-order valence-electron chi connectivity index (χ4n) is 2.32.